The highest BCUT2D eigenvalue weighted by atomic mass is 32.2. The van der Waals surface area contributed by atoms with Gasteiger partial charge in [0.05, 0.1) is 78.6 Å². The Bertz CT molecular complexity index is 1890. The van der Waals surface area contributed by atoms with Crippen molar-refractivity contribution in [3.05, 3.63) is 48.2 Å². The number of nitrogens with one attached hydrogen (secondary N) is 2. The molecule has 4 aromatic heterocycles. The number of imidazole rings is 1. The molecule has 0 amide bonds. The summed E-state index contributed by atoms with van der Waals surface area (Å²) < 4.78 is 41.2. The molecule has 2 aliphatic rings. The lowest BCUT2D eigenvalue weighted by Gasteiger charge is -2.31. The molecule has 1 aliphatic carbocycles. The van der Waals surface area contributed by atoms with E-state index in [0.717, 1.165) is 31.9 Å². The summed E-state index contributed by atoms with van der Waals surface area (Å²) in [6.45, 7) is 2.09. The van der Waals surface area contributed by atoms with E-state index in [0.29, 0.717) is 71.8 Å². The van der Waals surface area contributed by atoms with Gasteiger partial charge in [-0.25, -0.2) is 23.6 Å². The van der Waals surface area contributed by atoms with E-state index in [1.165, 1.54) is 29.1 Å². The average molecular weight is 682 g/mol. The minimum absolute atomic E-state index is 0.0732. The Morgan fingerprint density at radius 3 is 2.52 bits per heavy atom. The van der Waals surface area contributed by atoms with Crippen molar-refractivity contribution >= 4 is 44.3 Å². The lowest BCUT2D eigenvalue weighted by molar-refractivity contribution is -1.05. The zero-order chi connectivity index (χ0) is 33.8. The number of sulfonamides is 1. The van der Waals surface area contributed by atoms with E-state index in [4.69, 9.17) is 24.8 Å². The molecule has 1 atom stereocenters. The molecule has 0 bridgehead atoms. The van der Waals surface area contributed by atoms with Crippen molar-refractivity contribution in [2.24, 2.45) is 7.05 Å². The van der Waals surface area contributed by atoms with Crippen molar-refractivity contribution in [2.75, 3.05) is 53.8 Å². The van der Waals surface area contributed by atoms with Gasteiger partial charge in [-0.15, -0.1) is 0 Å². The molecule has 17 nitrogen and oxygen atoms in total. The van der Waals surface area contributed by atoms with Crippen LogP contribution in [0.1, 0.15) is 36.9 Å². The summed E-state index contributed by atoms with van der Waals surface area (Å²) in [6, 6.07) is 5.78. The Labute approximate surface area is 277 Å². The summed E-state index contributed by atoms with van der Waals surface area (Å²) in [5, 5.41) is 30.3. The molecule has 4 aromatic rings. The summed E-state index contributed by atoms with van der Waals surface area (Å²) in [6.07, 6.45) is 10.1. The highest BCUT2D eigenvalue weighted by Gasteiger charge is 2.28. The first kappa shape index (κ1) is 33.2. The van der Waals surface area contributed by atoms with Gasteiger partial charge in [0.1, 0.15) is 18.0 Å². The van der Waals surface area contributed by atoms with Gasteiger partial charge < -0.3 is 24.8 Å². The quantitative estimate of drug-likeness (QED) is 0.110. The predicted octanol–water partition coefficient (Wildman–Crippen LogP) is 0.218. The van der Waals surface area contributed by atoms with Crippen molar-refractivity contribution < 1.29 is 33.3 Å². The zero-order valence-electron chi connectivity index (χ0n) is 26.7. The number of fused-ring (bicyclic) bond motifs is 1. The summed E-state index contributed by atoms with van der Waals surface area (Å²) in [4.78, 5) is 24.4. The molecular formula is C30H39N11O6S+2. The SMILES string of the molecule is Cn1c(CN(c2cnc3cc(N4CCOCC4)nc(OC4CCC(Nc5ncc(C#N)cn5)CC4)c3c2)S(C)(=O)=O)cnc1[NH+](O)C[OH2+]. The number of anilines is 3. The highest BCUT2D eigenvalue weighted by Crippen LogP contribution is 2.34. The molecule has 48 heavy (non-hydrogen) atoms. The van der Waals surface area contributed by atoms with E-state index >= 15 is 0 Å². The summed E-state index contributed by atoms with van der Waals surface area (Å²) in [5.74, 6) is 1.77. The first-order chi connectivity index (χ1) is 23.1. The zero-order valence-corrected chi connectivity index (χ0v) is 27.5. The third kappa shape index (κ3) is 7.40. The molecule has 18 heteroatoms. The first-order valence-electron chi connectivity index (χ1n) is 15.6. The van der Waals surface area contributed by atoms with Crippen LogP contribution in [-0.2, 0) is 28.4 Å². The van der Waals surface area contributed by atoms with Crippen LogP contribution in [0.5, 0.6) is 5.88 Å². The van der Waals surface area contributed by atoms with Crippen molar-refractivity contribution in [1.29, 1.82) is 5.26 Å². The van der Waals surface area contributed by atoms with Crippen molar-refractivity contribution in [3.63, 3.8) is 0 Å². The average Bonchev–Trinajstić information content (AvgIpc) is 3.47. The third-order valence-corrected chi connectivity index (χ3v) is 9.66. The number of quaternary nitrogens is 1. The molecule has 5 heterocycles. The number of ether oxygens (including phenoxy) is 2. The molecule has 1 saturated carbocycles. The minimum atomic E-state index is -3.79. The number of nitriles is 1. The number of hydrogen-bond acceptors (Lipinski definition) is 13. The van der Waals surface area contributed by atoms with Crippen molar-refractivity contribution in [1.82, 2.24) is 29.5 Å². The number of morpholine rings is 1. The second-order valence-corrected chi connectivity index (χ2v) is 13.7. The van der Waals surface area contributed by atoms with Gasteiger partial charge in [-0.3, -0.25) is 13.9 Å². The Hall–Kier alpha value is -4.67. The Balaban J connectivity index is 1.27. The monoisotopic (exact) mass is 681 g/mol. The van der Waals surface area contributed by atoms with Crippen LogP contribution in [-0.4, -0.2) is 99.7 Å². The lowest BCUT2D eigenvalue weighted by Crippen LogP contribution is -3.05. The Morgan fingerprint density at radius 2 is 1.85 bits per heavy atom. The van der Waals surface area contributed by atoms with Crippen LogP contribution in [0.25, 0.3) is 10.9 Å². The summed E-state index contributed by atoms with van der Waals surface area (Å²) >= 11 is 0. The summed E-state index contributed by atoms with van der Waals surface area (Å²) in [5.41, 5.74) is 1.86. The standard InChI is InChI=1S/C30H37N11O6S/c1-38-23(17-35-30(38)40(43)19-42)18-41(48(2,44)45)22-11-25-26(32-16-22)12-27(39-7-9-46-10-8-39)37-28(25)47-24-5-3-21(4-6-24)36-29-33-14-20(13-31)15-34-29/h11-12,14-17,21,24,42-43H,3-10,18-19H2,1-2H3,(H,33,34,36)/p+2. The molecule has 0 aromatic carbocycles. The summed E-state index contributed by atoms with van der Waals surface area (Å²) in [7, 11) is -2.13. The van der Waals surface area contributed by atoms with Crippen LogP contribution in [0.3, 0.4) is 0 Å². The molecular weight excluding hydrogens is 642 g/mol. The van der Waals surface area contributed by atoms with Gasteiger partial charge in [0.15, 0.2) is 0 Å². The normalized spacial score (nSPS) is 19.1. The lowest BCUT2D eigenvalue weighted by atomic mass is 9.93. The molecule has 0 spiro atoms. The molecule has 254 valence electrons. The van der Waals surface area contributed by atoms with Gasteiger partial charge in [0.2, 0.25) is 21.9 Å². The number of aromatic nitrogens is 6. The van der Waals surface area contributed by atoms with E-state index < -0.39 is 10.0 Å². The molecule has 2 fully saturated rings. The molecule has 0 radical (unpaired) electrons. The molecule has 5 N–H and O–H groups in total. The largest absolute Gasteiger partial charge is 0.474 e. The van der Waals surface area contributed by atoms with Gasteiger partial charge in [0, 0.05) is 32.2 Å². The first-order valence-corrected chi connectivity index (χ1v) is 17.4. The number of pyridine rings is 2. The topological polar surface area (TPSA) is 212 Å². The Morgan fingerprint density at radius 1 is 1.12 bits per heavy atom. The van der Waals surface area contributed by atoms with Gasteiger partial charge in [0.25, 0.3) is 0 Å². The molecule has 6 rings (SSSR count). The fourth-order valence-electron chi connectivity index (χ4n) is 5.86. The van der Waals surface area contributed by atoms with E-state index in [9.17, 15) is 13.6 Å². The second kappa shape index (κ2) is 14.2. The number of nitrogens with zero attached hydrogens (tertiary/aromatic N) is 9. The molecule has 1 saturated heterocycles. The van der Waals surface area contributed by atoms with E-state index in [1.54, 1.807) is 17.7 Å². The maximum Gasteiger partial charge on any atom is 0.347 e. The van der Waals surface area contributed by atoms with Crippen LogP contribution in [0.2, 0.25) is 0 Å². The van der Waals surface area contributed by atoms with Crippen molar-refractivity contribution in [2.45, 2.75) is 44.4 Å². The molecule has 1 unspecified atom stereocenters. The maximum absolute atomic E-state index is 13.1. The predicted molar refractivity (Wildman–Crippen MR) is 175 cm³/mol. The van der Waals surface area contributed by atoms with Crippen LogP contribution < -0.4 is 24.3 Å². The van der Waals surface area contributed by atoms with Crippen molar-refractivity contribution in [3.8, 4) is 11.9 Å². The van der Waals surface area contributed by atoms with Crippen LogP contribution in [0.4, 0.5) is 23.4 Å². The Kier molecular flexibility index (Phi) is 9.84. The van der Waals surface area contributed by atoms with Crippen LogP contribution in [0.15, 0.2) is 36.9 Å². The minimum Gasteiger partial charge on any atom is -0.474 e. The smallest absolute Gasteiger partial charge is 0.347 e. The number of hydrogen-bond donors (Lipinski definition) is 3. The fraction of sp³-hybridized carbons (Fsp3) is 0.467. The number of rotatable bonds is 11. The third-order valence-electron chi connectivity index (χ3n) is 8.52. The van der Waals surface area contributed by atoms with E-state index in [2.05, 4.69) is 30.2 Å². The van der Waals surface area contributed by atoms with Crippen LogP contribution in [0, 0.1) is 11.3 Å². The van der Waals surface area contributed by atoms with Gasteiger partial charge in [-0.1, -0.05) is 5.06 Å². The van der Waals surface area contributed by atoms with Gasteiger partial charge >= 0.3 is 12.7 Å². The van der Waals surface area contributed by atoms with Crippen LogP contribution >= 0.6 is 0 Å². The van der Waals surface area contributed by atoms with E-state index in [1.807, 2.05) is 12.1 Å². The fourth-order valence-corrected chi connectivity index (χ4v) is 6.71. The van der Waals surface area contributed by atoms with E-state index in [-0.39, 0.29) is 36.4 Å². The van der Waals surface area contributed by atoms with Gasteiger partial charge in [-0.05, 0) is 31.7 Å². The second-order valence-electron chi connectivity index (χ2n) is 11.8. The molecule has 1 aliphatic heterocycles. The highest BCUT2D eigenvalue weighted by molar-refractivity contribution is 7.92. The maximum atomic E-state index is 13.1. The number of hydroxylamine groups is 1. The van der Waals surface area contributed by atoms with Gasteiger partial charge in [-0.2, -0.15) is 15.2 Å².